The molecule has 1 aliphatic rings. The maximum atomic E-state index is 5.85. The van der Waals surface area contributed by atoms with Crippen LogP contribution in [0.1, 0.15) is 43.8 Å². The number of nitrogens with two attached hydrogens (primary N) is 1. The summed E-state index contributed by atoms with van der Waals surface area (Å²) >= 11 is 0. The van der Waals surface area contributed by atoms with Crippen LogP contribution in [0.2, 0.25) is 0 Å². The van der Waals surface area contributed by atoms with Crippen molar-refractivity contribution in [3.63, 3.8) is 0 Å². The summed E-state index contributed by atoms with van der Waals surface area (Å²) in [5.41, 5.74) is 5.27. The molecule has 1 unspecified atom stereocenters. The molecule has 4 heteroatoms. The minimum atomic E-state index is 0.179. The van der Waals surface area contributed by atoms with Crippen LogP contribution in [-0.4, -0.2) is 9.78 Å². The van der Waals surface area contributed by atoms with Crippen molar-refractivity contribution in [2.24, 2.45) is 11.8 Å². The summed E-state index contributed by atoms with van der Waals surface area (Å²) in [6.07, 6.45) is 8.32. The summed E-state index contributed by atoms with van der Waals surface area (Å²) in [7, 11) is 0. The second-order valence-electron chi connectivity index (χ2n) is 5.55. The number of para-hydroxylation sites is 1. The van der Waals surface area contributed by atoms with E-state index in [9.17, 15) is 0 Å². The summed E-state index contributed by atoms with van der Waals surface area (Å²) in [5, 5.41) is 4.47. The lowest BCUT2D eigenvalue weighted by Crippen LogP contribution is -2.35. The van der Waals surface area contributed by atoms with Gasteiger partial charge in [-0.05, 0) is 37.0 Å². The van der Waals surface area contributed by atoms with Crippen LogP contribution in [0.3, 0.4) is 0 Å². The van der Waals surface area contributed by atoms with Gasteiger partial charge in [-0.25, -0.2) is 4.68 Å². The molecule has 1 aliphatic carbocycles. The number of aromatic nitrogens is 2. The van der Waals surface area contributed by atoms with Gasteiger partial charge in [0.15, 0.2) is 0 Å². The number of nitrogens with zero attached hydrogens (tertiary/aromatic N) is 2. The molecule has 3 N–H and O–H groups in total. The number of benzene rings is 1. The standard InChI is InChI=1S/C16H22N4/c17-19-16(13-7-3-1-4-8-13)15-11-12-18-20(15)14-9-5-2-6-10-14/h2,5-6,9-13,16,19H,1,3-4,7-8,17H2. The second kappa shape index (κ2) is 6.20. The summed E-state index contributed by atoms with van der Waals surface area (Å²) in [4.78, 5) is 0. The molecule has 20 heavy (non-hydrogen) atoms. The van der Waals surface area contributed by atoms with Crippen LogP contribution in [0.15, 0.2) is 42.6 Å². The van der Waals surface area contributed by atoms with Gasteiger partial charge in [-0.1, -0.05) is 37.5 Å². The molecule has 0 radical (unpaired) electrons. The van der Waals surface area contributed by atoms with Gasteiger partial charge in [0.1, 0.15) is 0 Å². The summed E-state index contributed by atoms with van der Waals surface area (Å²) in [6.45, 7) is 0. The van der Waals surface area contributed by atoms with Gasteiger partial charge >= 0.3 is 0 Å². The molecule has 0 aliphatic heterocycles. The van der Waals surface area contributed by atoms with Crippen LogP contribution >= 0.6 is 0 Å². The van der Waals surface area contributed by atoms with Gasteiger partial charge in [0.2, 0.25) is 0 Å². The van der Waals surface area contributed by atoms with E-state index >= 15 is 0 Å². The normalized spacial score (nSPS) is 18.1. The van der Waals surface area contributed by atoms with Crippen molar-refractivity contribution >= 4 is 0 Å². The summed E-state index contributed by atoms with van der Waals surface area (Å²) in [6, 6.07) is 12.5. The highest BCUT2D eigenvalue weighted by molar-refractivity contribution is 5.33. The van der Waals surface area contributed by atoms with E-state index < -0.39 is 0 Å². The molecular formula is C16H22N4. The van der Waals surface area contributed by atoms with E-state index in [4.69, 9.17) is 5.84 Å². The van der Waals surface area contributed by atoms with Gasteiger partial charge in [0.05, 0.1) is 17.4 Å². The first kappa shape index (κ1) is 13.3. The molecule has 1 saturated carbocycles. The largest absolute Gasteiger partial charge is 0.271 e. The zero-order valence-corrected chi connectivity index (χ0v) is 11.7. The molecule has 0 bridgehead atoms. The fourth-order valence-corrected chi connectivity index (χ4v) is 3.26. The zero-order chi connectivity index (χ0) is 13.8. The predicted molar refractivity (Wildman–Crippen MR) is 80.2 cm³/mol. The Bertz CT molecular complexity index is 528. The van der Waals surface area contributed by atoms with Crippen molar-refractivity contribution in [3.05, 3.63) is 48.3 Å². The minimum Gasteiger partial charge on any atom is -0.271 e. The molecule has 1 atom stereocenters. The lowest BCUT2D eigenvalue weighted by Gasteiger charge is -2.30. The van der Waals surface area contributed by atoms with Crippen molar-refractivity contribution in [1.29, 1.82) is 0 Å². The smallest absolute Gasteiger partial charge is 0.0661 e. The van der Waals surface area contributed by atoms with Crippen molar-refractivity contribution in [1.82, 2.24) is 15.2 Å². The maximum absolute atomic E-state index is 5.85. The lowest BCUT2D eigenvalue weighted by atomic mass is 9.83. The third-order valence-electron chi connectivity index (χ3n) is 4.29. The first-order chi connectivity index (χ1) is 9.90. The van der Waals surface area contributed by atoms with E-state index in [1.165, 1.54) is 32.1 Å². The van der Waals surface area contributed by atoms with E-state index in [1.54, 1.807) is 0 Å². The third kappa shape index (κ3) is 2.62. The number of rotatable bonds is 4. The van der Waals surface area contributed by atoms with Crippen molar-refractivity contribution < 1.29 is 0 Å². The Morgan fingerprint density at radius 3 is 2.55 bits per heavy atom. The fraction of sp³-hybridized carbons (Fsp3) is 0.438. The van der Waals surface area contributed by atoms with Gasteiger partial charge < -0.3 is 0 Å². The van der Waals surface area contributed by atoms with Crippen molar-refractivity contribution in [2.75, 3.05) is 0 Å². The van der Waals surface area contributed by atoms with Crippen LogP contribution in [0, 0.1) is 5.92 Å². The molecule has 2 aromatic rings. The molecule has 1 aromatic heterocycles. The predicted octanol–water partition coefficient (Wildman–Crippen LogP) is 2.96. The van der Waals surface area contributed by atoms with E-state index in [-0.39, 0.29) is 6.04 Å². The van der Waals surface area contributed by atoms with Crippen molar-refractivity contribution in [2.45, 2.75) is 38.1 Å². The van der Waals surface area contributed by atoms with Crippen LogP contribution in [0.25, 0.3) is 5.69 Å². The first-order valence-corrected chi connectivity index (χ1v) is 7.45. The average Bonchev–Trinajstić information content (AvgIpc) is 2.99. The van der Waals surface area contributed by atoms with Gasteiger partial charge in [0, 0.05) is 6.20 Å². The molecule has 4 nitrogen and oxygen atoms in total. The molecule has 1 aromatic carbocycles. The lowest BCUT2D eigenvalue weighted by molar-refractivity contribution is 0.267. The Hall–Kier alpha value is -1.65. The highest BCUT2D eigenvalue weighted by Gasteiger charge is 2.26. The Balaban J connectivity index is 1.91. The zero-order valence-electron chi connectivity index (χ0n) is 11.7. The topological polar surface area (TPSA) is 55.9 Å². The Morgan fingerprint density at radius 2 is 1.85 bits per heavy atom. The third-order valence-corrected chi connectivity index (χ3v) is 4.29. The Kier molecular flexibility index (Phi) is 4.14. The van der Waals surface area contributed by atoms with Crippen LogP contribution in [0.5, 0.6) is 0 Å². The number of nitrogens with one attached hydrogen (secondary N) is 1. The molecule has 0 saturated heterocycles. The van der Waals surface area contributed by atoms with E-state index in [2.05, 4.69) is 28.7 Å². The fourth-order valence-electron chi connectivity index (χ4n) is 3.26. The van der Waals surface area contributed by atoms with E-state index in [0.717, 1.165) is 11.4 Å². The highest BCUT2D eigenvalue weighted by atomic mass is 15.3. The minimum absolute atomic E-state index is 0.179. The van der Waals surface area contributed by atoms with Crippen LogP contribution in [-0.2, 0) is 0 Å². The molecule has 3 rings (SSSR count). The quantitative estimate of drug-likeness (QED) is 0.663. The van der Waals surface area contributed by atoms with Crippen molar-refractivity contribution in [3.8, 4) is 5.69 Å². The highest BCUT2D eigenvalue weighted by Crippen LogP contribution is 2.34. The number of hydrogen-bond donors (Lipinski definition) is 2. The molecular weight excluding hydrogens is 248 g/mol. The average molecular weight is 270 g/mol. The van der Waals surface area contributed by atoms with Crippen LogP contribution in [0.4, 0.5) is 0 Å². The van der Waals surface area contributed by atoms with Gasteiger partial charge in [0.25, 0.3) is 0 Å². The molecule has 106 valence electrons. The van der Waals surface area contributed by atoms with Gasteiger partial charge in [-0.3, -0.25) is 11.3 Å². The van der Waals surface area contributed by atoms with Crippen LogP contribution < -0.4 is 11.3 Å². The summed E-state index contributed by atoms with van der Waals surface area (Å²) < 4.78 is 2.00. The Labute approximate surface area is 120 Å². The Morgan fingerprint density at radius 1 is 1.10 bits per heavy atom. The molecule has 1 fully saturated rings. The number of hydrogen-bond acceptors (Lipinski definition) is 3. The molecule has 1 heterocycles. The maximum Gasteiger partial charge on any atom is 0.0661 e. The molecule has 0 amide bonds. The SMILES string of the molecule is NNC(c1ccnn1-c1ccccc1)C1CCCCC1. The summed E-state index contributed by atoms with van der Waals surface area (Å²) in [5.74, 6) is 6.46. The van der Waals surface area contributed by atoms with E-state index in [1.807, 2.05) is 29.1 Å². The monoisotopic (exact) mass is 270 g/mol. The number of hydrazine groups is 1. The first-order valence-electron chi connectivity index (χ1n) is 7.45. The second-order valence-corrected chi connectivity index (χ2v) is 5.55. The van der Waals surface area contributed by atoms with E-state index in [0.29, 0.717) is 5.92 Å². The van der Waals surface area contributed by atoms with Gasteiger partial charge in [-0.2, -0.15) is 5.10 Å². The molecule has 0 spiro atoms. The van der Waals surface area contributed by atoms with Gasteiger partial charge in [-0.15, -0.1) is 0 Å².